The van der Waals surface area contributed by atoms with Gasteiger partial charge in [0, 0.05) is 29.7 Å². The number of ether oxygens (including phenoxy) is 1. The van der Waals surface area contributed by atoms with Gasteiger partial charge in [0.25, 0.3) is 0 Å². The highest BCUT2D eigenvalue weighted by Crippen LogP contribution is 2.49. The summed E-state index contributed by atoms with van der Waals surface area (Å²) in [7, 11) is 0. The Hall–Kier alpha value is -3.86. The Morgan fingerprint density at radius 1 is 0.972 bits per heavy atom. The van der Waals surface area contributed by atoms with Crippen LogP contribution in [0.1, 0.15) is 57.2 Å². The SMILES string of the molecule is CCC(=O)N1c2ccccc2NC2=C(C(=O)CC(C)(C)C2)C1c1ccccc1OCc1ccccc1. The number of carbonyl (C=O) groups is 2. The molecule has 1 N–H and O–H groups in total. The molecule has 2 aliphatic rings. The number of ketones is 1. The van der Waals surface area contributed by atoms with E-state index in [-0.39, 0.29) is 17.1 Å². The lowest BCUT2D eigenvalue weighted by atomic mass is 9.73. The maximum Gasteiger partial charge on any atom is 0.227 e. The van der Waals surface area contributed by atoms with Crippen molar-refractivity contribution in [1.82, 2.24) is 0 Å². The minimum atomic E-state index is -0.584. The predicted octanol–water partition coefficient (Wildman–Crippen LogP) is 6.82. The van der Waals surface area contributed by atoms with Gasteiger partial charge in [0.15, 0.2) is 5.78 Å². The van der Waals surface area contributed by atoms with Gasteiger partial charge in [-0.1, -0.05) is 81.4 Å². The number of para-hydroxylation sites is 3. The van der Waals surface area contributed by atoms with Gasteiger partial charge in [0.05, 0.1) is 17.4 Å². The molecule has 0 saturated heterocycles. The highest BCUT2D eigenvalue weighted by Gasteiger charge is 2.43. The quantitative estimate of drug-likeness (QED) is 0.435. The van der Waals surface area contributed by atoms with Crippen molar-refractivity contribution >= 4 is 23.1 Å². The smallest absolute Gasteiger partial charge is 0.227 e. The number of nitrogens with zero attached hydrogens (tertiary/aromatic N) is 1. The van der Waals surface area contributed by atoms with Gasteiger partial charge in [-0.3, -0.25) is 14.5 Å². The fourth-order valence-corrected chi connectivity index (χ4v) is 5.30. The van der Waals surface area contributed by atoms with Crippen LogP contribution in [0.4, 0.5) is 11.4 Å². The van der Waals surface area contributed by atoms with Crippen LogP contribution in [0.25, 0.3) is 0 Å². The van der Waals surface area contributed by atoms with Gasteiger partial charge in [0.2, 0.25) is 5.91 Å². The Labute approximate surface area is 212 Å². The number of benzene rings is 3. The van der Waals surface area contributed by atoms with Gasteiger partial charge in [-0.15, -0.1) is 0 Å². The van der Waals surface area contributed by atoms with Crippen molar-refractivity contribution in [2.24, 2.45) is 5.41 Å². The fraction of sp³-hybridized carbons (Fsp3) is 0.290. The summed E-state index contributed by atoms with van der Waals surface area (Å²) < 4.78 is 6.33. The lowest BCUT2D eigenvalue weighted by molar-refractivity contribution is -0.119. The highest BCUT2D eigenvalue weighted by molar-refractivity contribution is 6.06. The van der Waals surface area contributed by atoms with Crippen LogP contribution in [-0.4, -0.2) is 11.7 Å². The zero-order valence-corrected chi connectivity index (χ0v) is 21.1. The zero-order valence-electron chi connectivity index (χ0n) is 21.1. The lowest BCUT2D eigenvalue weighted by Gasteiger charge is -2.37. The molecular weight excluding hydrogens is 448 g/mol. The van der Waals surface area contributed by atoms with Crippen molar-refractivity contribution in [3.05, 3.63) is 101 Å². The predicted molar refractivity (Wildman–Crippen MR) is 143 cm³/mol. The molecule has 1 aliphatic carbocycles. The van der Waals surface area contributed by atoms with Gasteiger partial charge in [0.1, 0.15) is 12.4 Å². The average Bonchev–Trinajstić information content (AvgIpc) is 3.01. The fourth-order valence-electron chi connectivity index (χ4n) is 5.30. The van der Waals surface area contributed by atoms with E-state index in [2.05, 4.69) is 19.2 Å². The summed E-state index contributed by atoms with van der Waals surface area (Å²) in [4.78, 5) is 29.2. The van der Waals surface area contributed by atoms with Crippen LogP contribution in [0.3, 0.4) is 0 Å². The molecule has 184 valence electrons. The molecule has 1 atom stereocenters. The number of nitrogens with one attached hydrogen (secondary N) is 1. The molecule has 0 bridgehead atoms. The molecule has 5 nitrogen and oxygen atoms in total. The van der Waals surface area contributed by atoms with E-state index in [1.807, 2.05) is 85.8 Å². The third-order valence-corrected chi connectivity index (χ3v) is 6.92. The standard InChI is InChI=1S/C31H32N2O3/c1-4-28(35)33-25-16-10-9-15-23(25)32-24-18-31(2,3)19-26(34)29(24)30(33)22-14-8-11-17-27(22)36-20-21-12-6-5-7-13-21/h5-17,30,32H,4,18-20H2,1-3H3. The second-order valence-electron chi connectivity index (χ2n) is 10.3. The second kappa shape index (κ2) is 9.65. The lowest BCUT2D eigenvalue weighted by Crippen LogP contribution is -2.39. The summed E-state index contributed by atoms with van der Waals surface area (Å²) >= 11 is 0. The number of carbonyl (C=O) groups excluding carboxylic acids is 2. The van der Waals surface area contributed by atoms with Gasteiger partial charge in [-0.2, -0.15) is 0 Å². The first-order chi connectivity index (χ1) is 17.4. The molecule has 5 heteroatoms. The molecule has 0 saturated carbocycles. The number of anilines is 2. The minimum absolute atomic E-state index is 0.0431. The molecule has 0 spiro atoms. The monoisotopic (exact) mass is 480 g/mol. The number of rotatable bonds is 5. The molecule has 0 fully saturated rings. The van der Waals surface area contributed by atoms with E-state index in [4.69, 9.17) is 4.74 Å². The first kappa shape index (κ1) is 23.9. The van der Waals surface area contributed by atoms with E-state index in [0.717, 1.165) is 34.6 Å². The zero-order chi connectivity index (χ0) is 25.3. The Morgan fingerprint density at radius 3 is 2.44 bits per heavy atom. The molecule has 36 heavy (non-hydrogen) atoms. The van der Waals surface area contributed by atoms with Crippen molar-refractivity contribution in [2.75, 3.05) is 10.2 Å². The first-order valence-electron chi connectivity index (χ1n) is 12.6. The van der Waals surface area contributed by atoms with Crippen molar-refractivity contribution in [3.63, 3.8) is 0 Å². The van der Waals surface area contributed by atoms with Gasteiger partial charge >= 0.3 is 0 Å². The van der Waals surface area contributed by atoms with E-state index in [9.17, 15) is 9.59 Å². The van der Waals surface area contributed by atoms with Crippen LogP contribution in [0, 0.1) is 5.41 Å². The summed E-state index contributed by atoms with van der Waals surface area (Å²) in [5, 5.41) is 3.56. The van der Waals surface area contributed by atoms with E-state index in [1.165, 1.54) is 0 Å². The molecule has 1 aliphatic heterocycles. The van der Waals surface area contributed by atoms with Crippen molar-refractivity contribution in [1.29, 1.82) is 0 Å². The Balaban J connectivity index is 1.69. The maximum absolute atomic E-state index is 13.8. The number of hydrogen-bond donors (Lipinski definition) is 1. The molecule has 3 aromatic rings. The molecule has 5 rings (SSSR count). The summed E-state index contributed by atoms with van der Waals surface area (Å²) in [5.74, 6) is 0.695. The van der Waals surface area contributed by atoms with Crippen LogP contribution in [0.5, 0.6) is 5.75 Å². The molecule has 0 radical (unpaired) electrons. The summed E-state index contributed by atoms with van der Waals surface area (Å²) in [6.45, 7) is 6.50. The largest absolute Gasteiger partial charge is 0.489 e. The van der Waals surface area contributed by atoms with E-state index < -0.39 is 6.04 Å². The van der Waals surface area contributed by atoms with Crippen LogP contribution in [-0.2, 0) is 16.2 Å². The summed E-state index contributed by atoms with van der Waals surface area (Å²) in [6.07, 6.45) is 1.47. The van der Waals surface area contributed by atoms with Gasteiger partial charge in [-0.25, -0.2) is 0 Å². The number of Topliss-reactive ketones (excluding diaryl/α,β-unsaturated/α-hetero) is 1. The van der Waals surface area contributed by atoms with Gasteiger partial charge < -0.3 is 10.1 Å². The van der Waals surface area contributed by atoms with Crippen molar-refractivity contribution < 1.29 is 14.3 Å². The number of fused-ring (bicyclic) bond motifs is 1. The highest BCUT2D eigenvalue weighted by atomic mass is 16.5. The number of hydrogen-bond acceptors (Lipinski definition) is 4. The van der Waals surface area contributed by atoms with Gasteiger partial charge in [-0.05, 0) is 35.6 Å². The molecule has 1 amide bonds. The summed E-state index contributed by atoms with van der Waals surface area (Å²) in [6, 6.07) is 25.0. The molecule has 3 aromatic carbocycles. The third kappa shape index (κ3) is 4.53. The van der Waals surface area contributed by atoms with E-state index in [1.54, 1.807) is 4.90 Å². The minimum Gasteiger partial charge on any atom is -0.489 e. The maximum atomic E-state index is 13.8. The van der Waals surface area contributed by atoms with Crippen molar-refractivity contribution in [2.45, 2.75) is 52.7 Å². The van der Waals surface area contributed by atoms with Crippen LogP contribution >= 0.6 is 0 Å². The van der Waals surface area contributed by atoms with Crippen LogP contribution < -0.4 is 15.0 Å². The topological polar surface area (TPSA) is 58.6 Å². The molecule has 1 heterocycles. The second-order valence-corrected chi connectivity index (χ2v) is 10.3. The first-order valence-corrected chi connectivity index (χ1v) is 12.6. The normalized spacial score (nSPS) is 18.6. The number of allylic oxidation sites excluding steroid dienone is 1. The van der Waals surface area contributed by atoms with Crippen LogP contribution in [0.2, 0.25) is 0 Å². The van der Waals surface area contributed by atoms with Crippen LogP contribution in [0.15, 0.2) is 90.1 Å². The van der Waals surface area contributed by atoms with Crippen molar-refractivity contribution in [3.8, 4) is 5.75 Å². The average molecular weight is 481 g/mol. The summed E-state index contributed by atoms with van der Waals surface area (Å²) in [5.41, 5.74) is 4.84. The van der Waals surface area contributed by atoms with E-state index >= 15 is 0 Å². The molecular formula is C31H32N2O3. The Kier molecular flexibility index (Phi) is 6.40. The molecule has 0 aromatic heterocycles. The molecule has 1 unspecified atom stereocenters. The Bertz CT molecular complexity index is 1330. The number of amides is 1. The third-order valence-electron chi connectivity index (χ3n) is 6.92. The Morgan fingerprint density at radius 2 is 1.67 bits per heavy atom. The van der Waals surface area contributed by atoms with E-state index in [0.29, 0.717) is 30.8 Å².